The molecule has 1 aliphatic heterocycles. The summed E-state index contributed by atoms with van der Waals surface area (Å²) < 4.78 is 10.0. The van der Waals surface area contributed by atoms with Gasteiger partial charge in [0.15, 0.2) is 0 Å². The zero-order valence-electron chi connectivity index (χ0n) is 17.6. The van der Waals surface area contributed by atoms with Gasteiger partial charge in [-0.05, 0) is 25.7 Å². The molecular formula is C21H30ClN5OSi. The van der Waals surface area contributed by atoms with Crippen LogP contribution in [-0.4, -0.2) is 39.0 Å². The summed E-state index contributed by atoms with van der Waals surface area (Å²) in [7, 11) is -0.998. The maximum absolute atomic E-state index is 6.49. The van der Waals surface area contributed by atoms with E-state index in [9.17, 15) is 0 Å². The molecule has 3 aromatic heterocycles. The van der Waals surface area contributed by atoms with Crippen molar-refractivity contribution in [1.29, 1.82) is 0 Å². The van der Waals surface area contributed by atoms with Crippen molar-refractivity contribution in [2.75, 3.05) is 6.61 Å². The molecule has 1 unspecified atom stereocenters. The van der Waals surface area contributed by atoms with E-state index in [-0.39, 0.29) is 6.23 Å². The van der Waals surface area contributed by atoms with Gasteiger partial charge in [0.2, 0.25) is 0 Å². The van der Waals surface area contributed by atoms with E-state index in [1.165, 1.54) is 18.9 Å². The highest BCUT2D eigenvalue weighted by atomic mass is 35.5. The lowest BCUT2D eigenvalue weighted by Gasteiger charge is -2.22. The predicted molar refractivity (Wildman–Crippen MR) is 120 cm³/mol. The van der Waals surface area contributed by atoms with Crippen LogP contribution >= 0.6 is 11.6 Å². The molecule has 29 heavy (non-hydrogen) atoms. The third-order valence-corrected chi connectivity index (χ3v) is 7.69. The first-order valence-corrected chi connectivity index (χ1v) is 14.7. The maximum atomic E-state index is 6.49. The van der Waals surface area contributed by atoms with Gasteiger partial charge in [-0.2, -0.15) is 5.10 Å². The van der Waals surface area contributed by atoms with Crippen LogP contribution in [0, 0.1) is 0 Å². The van der Waals surface area contributed by atoms with Gasteiger partial charge in [0.05, 0.1) is 11.6 Å². The molecule has 0 bridgehead atoms. The Morgan fingerprint density at radius 2 is 2.03 bits per heavy atom. The number of halogens is 1. The lowest BCUT2D eigenvalue weighted by molar-refractivity contribution is -0.0394. The van der Waals surface area contributed by atoms with E-state index in [1.54, 1.807) is 6.33 Å². The second kappa shape index (κ2) is 8.58. The number of nitrogens with zero attached hydrogens (tertiary/aromatic N) is 5. The zero-order chi connectivity index (χ0) is 20.4. The zero-order valence-corrected chi connectivity index (χ0v) is 19.3. The molecule has 6 nitrogen and oxygen atoms in total. The Labute approximate surface area is 178 Å². The summed E-state index contributed by atoms with van der Waals surface area (Å²) in [6.45, 7) is 9.02. The average Bonchev–Trinajstić information content (AvgIpc) is 3.31. The van der Waals surface area contributed by atoms with Crippen LogP contribution in [0.15, 0.2) is 24.9 Å². The molecule has 0 aliphatic carbocycles. The molecule has 1 aliphatic rings. The Morgan fingerprint density at radius 1 is 1.17 bits per heavy atom. The Morgan fingerprint density at radius 3 is 2.79 bits per heavy atom. The number of unbranched alkanes of at least 4 members (excludes halogenated alkanes) is 1. The molecule has 0 amide bonds. The van der Waals surface area contributed by atoms with Gasteiger partial charge in [-0.1, -0.05) is 43.7 Å². The maximum Gasteiger partial charge on any atom is 0.150 e. The molecule has 4 rings (SSSR count). The first-order valence-electron chi connectivity index (χ1n) is 10.6. The Hall–Kier alpha value is -1.70. The van der Waals surface area contributed by atoms with Crippen molar-refractivity contribution < 1.29 is 4.74 Å². The van der Waals surface area contributed by atoms with Gasteiger partial charge < -0.3 is 9.30 Å². The molecule has 0 aromatic carbocycles. The van der Waals surface area contributed by atoms with Gasteiger partial charge >= 0.3 is 0 Å². The summed E-state index contributed by atoms with van der Waals surface area (Å²) in [5.74, 6) is 0. The molecule has 0 saturated carbocycles. The van der Waals surface area contributed by atoms with Crippen molar-refractivity contribution in [3.63, 3.8) is 0 Å². The van der Waals surface area contributed by atoms with Gasteiger partial charge in [0.25, 0.3) is 0 Å². The van der Waals surface area contributed by atoms with Crippen LogP contribution in [0.25, 0.3) is 22.2 Å². The normalized spacial score (nSPS) is 17.9. The first kappa shape index (κ1) is 20.6. The lowest BCUT2D eigenvalue weighted by atomic mass is 10.1. The number of ether oxygens (including phenoxy) is 1. The van der Waals surface area contributed by atoms with Crippen LogP contribution in [0.3, 0.4) is 0 Å². The number of hydrogen-bond acceptors (Lipinski definition) is 4. The van der Waals surface area contributed by atoms with Crippen LogP contribution in [0.4, 0.5) is 0 Å². The number of rotatable bonds is 7. The van der Waals surface area contributed by atoms with Crippen molar-refractivity contribution in [2.24, 2.45) is 0 Å². The molecule has 1 atom stereocenters. The van der Waals surface area contributed by atoms with Crippen LogP contribution in [-0.2, 0) is 11.3 Å². The van der Waals surface area contributed by atoms with Crippen molar-refractivity contribution in [3.05, 3.63) is 30.1 Å². The van der Waals surface area contributed by atoms with Crippen molar-refractivity contribution in [3.8, 4) is 11.1 Å². The molecule has 1 saturated heterocycles. The Kier molecular flexibility index (Phi) is 6.08. The predicted octanol–water partition coefficient (Wildman–Crippen LogP) is 5.77. The molecule has 156 valence electrons. The van der Waals surface area contributed by atoms with E-state index >= 15 is 0 Å². The minimum absolute atomic E-state index is 0.0270. The monoisotopic (exact) mass is 431 g/mol. The second-order valence-electron chi connectivity index (χ2n) is 9.15. The average molecular weight is 432 g/mol. The Balaban J connectivity index is 1.60. The smallest absolute Gasteiger partial charge is 0.150 e. The minimum Gasteiger partial charge on any atom is -0.357 e. The second-order valence-corrected chi connectivity index (χ2v) is 15.1. The van der Waals surface area contributed by atoms with Gasteiger partial charge in [-0.15, -0.1) is 0 Å². The lowest BCUT2D eigenvalue weighted by Crippen LogP contribution is -2.18. The highest BCUT2D eigenvalue weighted by molar-refractivity contribution is 6.76. The molecule has 4 heterocycles. The molecule has 1 fully saturated rings. The fourth-order valence-corrected chi connectivity index (χ4v) is 5.52. The fraction of sp³-hybridized carbons (Fsp3) is 0.571. The largest absolute Gasteiger partial charge is 0.357 e. The van der Waals surface area contributed by atoms with E-state index in [2.05, 4.69) is 51.7 Å². The van der Waals surface area contributed by atoms with Gasteiger partial charge in [0, 0.05) is 44.7 Å². The molecule has 0 radical (unpaired) electrons. The van der Waals surface area contributed by atoms with Crippen LogP contribution in [0.5, 0.6) is 0 Å². The summed E-state index contributed by atoms with van der Waals surface area (Å²) in [5.41, 5.74) is 2.97. The topological polar surface area (TPSA) is 57.8 Å². The molecule has 8 heteroatoms. The van der Waals surface area contributed by atoms with Crippen molar-refractivity contribution >= 4 is 30.7 Å². The van der Waals surface area contributed by atoms with Crippen LogP contribution in [0.1, 0.15) is 38.3 Å². The SMILES string of the molecule is C[Si](C)(C)CCCCn1cc(-c2cnn(C3CCCCO3)c2)c2c(Cl)ncnc21. The highest BCUT2D eigenvalue weighted by Crippen LogP contribution is 2.34. The Bertz CT molecular complexity index is 971. The summed E-state index contributed by atoms with van der Waals surface area (Å²) in [4.78, 5) is 8.76. The van der Waals surface area contributed by atoms with E-state index in [1.807, 2.05) is 10.9 Å². The van der Waals surface area contributed by atoms with Gasteiger partial charge in [0.1, 0.15) is 23.4 Å². The third kappa shape index (κ3) is 4.73. The summed E-state index contributed by atoms with van der Waals surface area (Å²) >= 11 is 6.49. The van der Waals surface area contributed by atoms with Gasteiger partial charge in [-0.25, -0.2) is 14.6 Å². The molecule has 3 aromatic rings. The number of aromatic nitrogens is 5. The fourth-order valence-electron chi connectivity index (χ4n) is 3.98. The van der Waals surface area contributed by atoms with E-state index in [0.29, 0.717) is 5.15 Å². The van der Waals surface area contributed by atoms with E-state index in [4.69, 9.17) is 16.3 Å². The van der Waals surface area contributed by atoms with Crippen LogP contribution < -0.4 is 0 Å². The highest BCUT2D eigenvalue weighted by Gasteiger charge is 2.20. The summed E-state index contributed by atoms with van der Waals surface area (Å²) in [6, 6.07) is 1.35. The van der Waals surface area contributed by atoms with Crippen molar-refractivity contribution in [1.82, 2.24) is 24.3 Å². The van der Waals surface area contributed by atoms with E-state index in [0.717, 1.165) is 54.6 Å². The number of hydrogen-bond donors (Lipinski definition) is 0. The standard InChI is InChI=1S/C21H30ClN5OSi/c1-29(2,3)11-7-5-9-26-14-17(19-20(22)23-15-24-21(19)26)16-12-25-27(13-16)18-8-4-6-10-28-18/h12-15,18H,4-11H2,1-3H3. The first-order chi connectivity index (χ1) is 13.9. The summed E-state index contributed by atoms with van der Waals surface area (Å²) in [5, 5.41) is 5.97. The summed E-state index contributed by atoms with van der Waals surface area (Å²) in [6.07, 6.45) is 13.4. The molecule has 0 N–H and O–H groups in total. The molecular weight excluding hydrogens is 402 g/mol. The minimum atomic E-state index is -0.998. The van der Waals surface area contributed by atoms with Gasteiger partial charge in [-0.3, -0.25) is 0 Å². The van der Waals surface area contributed by atoms with Crippen molar-refractivity contribution in [2.45, 2.75) is 70.6 Å². The number of fused-ring (bicyclic) bond motifs is 1. The van der Waals surface area contributed by atoms with Crippen LogP contribution in [0.2, 0.25) is 30.8 Å². The quantitative estimate of drug-likeness (QED) is 0.271. The third-order valence-electron chi connectivity index (χ3n) is 5.55. The van der Waals surface area contributed by atoms with E-state index < -0.39 is 8.07 Å². The number of aryl methyl sites for hydroxylation is 1. The molecule has 0 spiro atoms.